The second-order valence-electron chi connectivity index (χ2n) is 13.4. The molecular weight excluding hydrogens is 687 g/mol. The Morgan fingerprint density at radius 2 is 1.09 bits per heavy atom. The number of piperidine rings is 2. The SMILES string of the molecule is N#Cc1cc(-c2nc3ccnc(Nc4cc(N5CCC(O)CC5)ncn4)c3[nH]2)cc(-c2nc3ccnc(Nc4cc(N5CCC(O)CC5)ncn4)c3[nH]2)c1. The van der Waals surface area contributed by atoms with Crippen LogP contribution in [0.3, 0.4) is 0 Å². The Bertz CT molecular complexity index is 2350. The molecule has 9 rings (SSSR count). The molecule has 0 unspecified atom stereocenters. The van der Waals surface area contributed by atoms with Crippen molar-refractivity contribution in [2.45, 2.75) is 37.9 Å². The van der Waals surface area contributed by atoms with Crippen LogP contribution in [0, 0.1) is 11.3 Å². The molecule has 2 aliphatic rings. The molecule has 0 atom stereocenters. The van der Waals surface area contributed by atoms with Gasteiger partial charge in [0.2, 0.25) is 0 Å². The molecule has 0 bridgehead atoms. The molecule has 270 valence electrons. The molecule has 54 heavy (non-hydrogen) atoms. The summed E-state index contributed by atoms with van der Waals surface area (Å²) in [5, 5.41) is 36.5. The molecule has 6 N–H and O–H groups in total. The fraction of sp³-hybridized carbons (Fsp3) is 0.270. The number of nitriles is 1. The van der Waals surface area contributed by atoms with E-state index in [1.807, 2.05) is 30.3 Å². The summed E-state index contributed by atoms with van der Waals surface area (Å²) < 4.78 is 0. The summed E-state index contributed by atoms with van der Waals surface area (Å²) >= 11 is 0. The highest BCUT2D eigenvalue weighted by atomic mass is 16.3. The standard InChI is InChI=1S/C37H35N15O2/c38-18-21-13-22(34-45-26-1-7-39-36(32(26)49-34)47-28-16-30(43-19-41-28)51-9-3-24(53)4-10-51)15-23(14-21)35-46-27-2-8-40-37(33(27)50-35)48-29-17-31(44-20-42-29)52-11-5-25(54)6-12-52/h1-2,7-8,13-17,19-20,24-25,53-54H,3-6,9-12H2,(H,45,49)(H,46,50)(H,39,41,43,47)(H,40,42,44,48). The summed E-state index contributed by atoms with van der Waals surface area (Å²) in [6, 6.07) is 15.1. The Kier molecular flexibility index (Phi) is 8.57. The van der Waals surface area contributed by atoms with E-state index in [2.05, 4.69) is 66.4 Å². The molecule has 0 radical (unpaired) electrons. The molecule has 0 spiro atoms. The van der Waals surface area contributed by atoms with Crippen molar-refractivity contribution >= 4 is 57.0 Å². The Morgan fingerprint density at radius 3 is 1.54 bits per heavy atom. The van der Waals surface area contributed by atoms with E-state index in [0.29, 0.717) is 99.4 Å². The van der Waals surface area contributed by atoms with Crippen molar-refractivity contribution in [3.63, 3.8) is 0 Å². The molecule has 8 heterocycles. The van der Waals surface area contributed by atoms with Crippen LogP contribution in [0.25, 0.3) is 44.8 Å². The van der Waals surface area contributed by atoms with Gasteiger partial charge >= 0.3 is 0 Å². The Labute approximate surface area is 308 Å². The molecule has 1 aromatic carbocycles. The molecule has 2 aliphatic heterocycles. The number of aromatic nitrogens is 10. The highest BCUT2D eigenvalue weighted by Gasteiger charge is 2.21. The first kappa shape index (κ1) is 33.1. The van der Waals surface area contributed by atoms with E-state index in [1.54, 1.807) is 24.5 Å². The average Bonchev–Trinajstić information content (AvgIpc) is 3.85. The van der Waals surface area contributed by atoms with Crippen LogP contribution in [0.15, 0.2) is 67.5 Å². The fourth-order valence-electron chi connectivity index (χ4n) is 6.91. The van der Waals surface area contributed by atoms with Gasteiger partial charge in [0.25, 0.3) is 0 Å². The van der Waals surface area contributed by atoms with Gasteiger partial charge in [0, 0.05) is 61.8 Å². The van der Waals surface area contributed by atoms with E-state index in [1.165, 1.54) is 12.7 Å². The number of H-pyrrole nitrogens is 2. The summed E-state index contributed by atoms with van der Waals surface area (Å²) in [7, 11) is 0. The molecule has 6 aromatic heterocycles. The smallest absolute Gasteiger partial charge is 0.157 e. The molecule has 2 saturated heterocycles. The fourth-order valence-corrected chi connectivity index (χ4v) is 6.91. The monoisotopic (exact) mass is 721 g/mol. The Hall–Kier alpha value is -6.77. The van der Waals surface area contributed by atoms with Gasteiger partial charge in [0.1, 0.15) is 58.6 Å². The van der Waals surface area contributed by atoms with Gasteiger partial charge in [0.05, 0.1) is 34.9 Å². The highest BCUT2D eigenvalue weighted by Crippen LogP contribution is 2.32. The molecule has 17 heteroatoms. The van der Waals surface area contributed by atoms with Crippen LogP contribution in [0.1, 0.15) is 31.2 Å². The molecular formula is C37H35N15O2. The maximum Gasteiger partial charge on any atom is 0.157 e. The molecule has 0 amide bonds. The van der Waals surface area contributed by atoms with Gasteiger partial charge in [-0.3, -0.25) is 0 Å². The predicted octanol–water partition coefficient (Wildman–Crippen LogP) is 4.42. The minimum Gasteiger partial charge on any atom is -0.393 e. The molecule has 0 saturated carbocycles. The van der Waals surface area contributed by atoms with Crippen molar-refractivity contribution in [2.24, 2.45) is 0 Å². The number of hydrogen-bond donors (Lipinski definition) is 6. The van der Waals surface area contributed by atoms with Crippen molar-refractivity contribution in [3.05, 3.63) is 73.1 Å². The van der Waals surface area contributed by atoms with Gasteiger partial charge in [-0.2, -0.15) is 5.26 Å². The maximum atomic E-state index is 10.0. The van der Waals surface area contributed by atoms with Crippen molar-refractivity contribution < 1.29 is 10.2 Å². The number of anilines is 6. The zero-order valence-corrected chi connectivity index (χ0v) is 29.0. The van der Waals surface area contributed by atoms with Crippen molar-refractivity contribution in [3.8, 4) is 28.8 Å². The Balaban J connectivity index is 0.994. The quantitative estimate of drug-likeness (QED) is 0.128. The van der Waals surface area contributed by atoms with E-state index in [9.17, 15) is 15.5 Å². The number of hydrogen-bond acceptors (Lipinski definition) is 15. The molecule has 17 nitrogen and oxygen atoms in total. The second-order valence-corrected chi connectivity index (χ2v) is 13.4. The van der Waals surface area contributed by atoms with Crippen LogP contribution >= 0.6 is 0 Å². The van der Waals surface area contributed by atoms with Crippen LogP contribution in [0.4, 0.5) is 34.9 Å². The van der Waals surface area contributed by atoms with Crippen LogP contribution < -0.4 is 20.4 Å². The van der Waals surface area contributed by atoms with E-state index < -0.39 is 0 Å². The molecule has 2 fully saturated rings. The zero-order chi connectivity index (χ0) is 36.6. The van der Waals surface area contributed by atoms with Crippen LogP contribution in [-0.2, 0) is 0 Å². The topological polar surface area (TPSA) is 229 Å². The lowest BCUT2D eigenvalue weighted by molar-refractivity contribution is 0.145. The average molecular weight is 722 g/mol. The van der Waals surface area contributed by atoms with Crippen molar-refractivity contribution in [2.75, 3.05) is 46.6 Å². The zero-order valence-electron chi connectivity index (χ0n) is 29.0. The van der Waals surface area contributed by atoms with E-state index in [0.717, 1.165) is 37.8 Å². The van der Waals surface area contributed by atoms with Crippen molar-refractivity contribution in [1.29, 1.82) is 5.26 Å². The normalized spacial score (nSPS) is 15.5. The number of rotatable bonds is 8. The van der Waals surface area contributed by atoms with Crippen LogP contribution in [-0.4, -0.2) is 98.4 Å². The number of aliphatic hydroxyl groups excluding tert-OH is 2. The minimum absolute atomic E-state index is 0.277. The van der Waals surface area contributed by atoms with E-state index in [4.69, 9.17) is 9.97 Å². The maximum absolute atomic E-state index is 10.0. The molecule has 7 aromatic rings. The number of benzene rings is 1. The van der Waals surface area contributed by atoms with Crippen LogP contribution in [0.2, 0.25) is 0 Å². The summed E-state index contributed by atoms with van der Waals surface area (Å²) in [5.41, 5.74) is 4.54. The number of nitrogens with zero attached hydrogens (tertiary/aromatic N) is 11. The summed E-state index contributed by atoms with van der Waals surface area (Å²) in [6.07, 6.45) is 8.61. The Morgan fingerprint density at radius 1 is 0.630 bits per heavy atom. The third-order valence-electron chi connectivity index (χ3n) is 9.79. The first-order valence-corrected chi connectivity index (χ1v) is 17.8. The second kappa shape index (κ2) is 14.0. The minimum atomic E-state index is -0.277. The first-order valence-electron chi connectivity index (χ1n) is 17.8. The highest BCUT2D eigenvalue weighted by molar-refractivity contribution is 5.92. The van der Waals surface area contributed by atoms with E-state index in [-0.39, 0.29) is 12.2 Å². The van der Waals surface area contributed by atoms with Gasteiger partial charge in [-0.25, -0.2) is 39.9 Å². The number of aromatic amines is 2. The lowest BCUT2D eigenvalue weighted by atomic mass is 10.1. The van der Waals surface area contributed by atoms with Crippen molar-refractivity contribution in [1.82, 2.24) is 49.8 Å². The summed E-state index contributed by atoms with van der Waals surface area (Å²) in [5.74, 6) is 4.89. The summed E-state index contributed by atoms with van der Waals surface area (Å²) in [6.45, 7) is 2.88. The summed E-state index contributed by atoms with van der Waals surface area (Å²) in [4.78, 5) is 47.6. The predicted molar refractivity (Wildman–Crippen MR) is 202 cm³/mol. The lowest BCUT2D eigenvalue weighted by Crippen LogP contribution is -2.36. The van der Waals surface area contributed by atoms with Gasteiger partial charge in [0.15, 0.2) is 11.6 Å². The lowest BCUT2D eigenvalue weighted by Gasteiger charge is -2.30. The number of nitrogens with one attached hydrogen (secondary N) is 4. The van der Waals surface area contributed by atoms with Crippen LogP contribution in [0.5, 0.6) is 0 Å². The van der Waals surface area contributed by atoms with Gasteiger partial charge in [-0.15, -0.1) is 0 Å². The van der Waals surface area contributed by atoms with Gasteiger partial charge in [-0.05, 0) is 56.0 Å². The third-order valence-corrected chi connectivity index (χ3v) is 9.79. The number of imidazole rings is 2. The number of aliphatic hydroxyl groups is 2. The number of fused-ring (bicyclic) bond motifs is 2. The van der Waals surface area contributed by atoms with E-state index >= 15 is 0 Å². The first-order chi connectivity index (χ1) is 26.5. The molecule has 0 aliphatic carbocycles. The number of pyridine rings is 2. The van der Waals surface area contributed by atoms with Gasteiger partial charge in [-0.1, -0.05) is 0 Å². The largest absolute Gasteiger partial charge is 0.393 e. The van der Waals surface area contributed by atoms with Gasteiger partial charge < -0.3 is 40.6 Å². The third kappa shape index (κ3) is 6.66.